The largest absolute Gasteiger partial charge is 0.481 e. The molecule has 2 aromatic rings. The monoisotopic (exact) mass is 888 g/mol. The quantitative estimate of drug-likeness (QED) is 0.0346. The average molecular weight is 889 g/mol. The van der Waals surface area contributed by atoms with Crippen molar-refractivity contribution in [1.29, 1.82) is 0 Å². The number of carbonyl (C=O) groups is 4. The Morgan fingerprint density at radius 1 is 1.02 bits per heavy atom. The number of amides is 2. The molecule has 31 heteroatoms. The molecule has 2 amide bonds. The summed E-state index contributed by atoms with van der Waals surface area (Å²) in [5, 5.41) is 34.6. The zero-order valence-corrected chi connectivity index (χ0v) is 34.1. The van der Waals surface area contributed by atoms with Crippen molar-refractivity contribution in [3.8, 4) is 0 Å². The Morgan fingerprint density at radius 3 is 2.33 bits per heavy atom. The molecule has 0 spiro atoms. The van der Waals surface area contributed by atoms with Gasteiger partial charge in [0.1, 0.15) is 36.3 Å². The van der Waals surface area contributed by atoms with Gasteiger partial charge >= 0.3 is 29.4 Å². The van der Waals surface area contributed by atoms with Gasteiger partial charge in [0, 0.05) is 62.4 Å². The summed E-state index contributed by atoms with van der Waals surface area (Å²) < 4.78 is 61.9. The van der Waals surface area contributed by atoms with E-state index in [9.17, 15) is 62.7 Å². The normalized spacial score (nSPS) is 21.2. The van der Waals surface area contributed by atoms with Gasteiger partial charge in [-0.15, -0.1) is 0 Å². The van der Waals surface area contributed by atoms with E-state index in [1.165, 1.54) is 13.8 Å². The van der Waals surface area contributed by atoms with E-state index in [-0.39, 0.29) is 85.5 Å². The number of hydrogen-bond donors (Lipinski definition) is 10. The number of phosphoric acid groups is 3. The number of nitrogens with one attached hydrogen (secondary N) is 2. The number of nitrogens with zero attached hydrogens (tertiary/aromatic N) is 4. The van der Waals surface area contributed by atoms with Crippen LogP contribution in [0, 0.1) is 5.41 Å². The first-order valence-electron chi connectivity index (χ1n) is 16.2. The number of carbonyl (C=O) groups excluding carboxylic acids is 3. The molecule has 7 unspecified atom stereocenters. The molecule has 2 aromatic heterocycles. The van der Waals surface area contributed by atoms with Crippen LogP contribution in [0.25, 0.3) is 11.2 Å². The van der Waals surface area contributed by atoms with Crippen LogP contribution in [0.3, 0.4) is 0 Å². The van der Waals surface area contributed by atoms with Gasteiger partial charge in [0.05, 0.1) is 19.5 Å². The van der Waals surface area contributed by atoms with Gasteiger partial charge in [-0.2, -0.15) is 4.31 Å². The molecule has 57 heavy (non-hydrogen) atoms. The topological polar surface area (TPSA) is 401 Å². The number of carboxylic acids is 1. The maximum atomic E-state index is 12.7. The molecule has 26 nitrogen and oxygen atoms in total. The predicted molar refractivity (Wildman–Crippen MR) is 194 cm³/mol. The molecule has 0 saturated carbocycles. The number of hydrogen-bond acceptors (Lipinski definition) is 19. The molecule has 0 aromatic carbocycles. The van der Waals surface area contributed by atoms with E-state index in [0.717, 1.165) is 29.0 Å². The second-order valence-electron chi connectivity index (χ2n) is 12.5. The summed E-state index contributed by atoms with van der Waals surface area (Å²) in [5.41, 5.74) is 4.21. The molecule has 11 N–H and O–H groups in total. The number of phosphoric ester groups is 3. The first kappa shape index (κ1) is 50.8. The molecule has 1 saturated heterocycles. The third-order valence-electron chi connectivity index (χ3n) is 7.54. The van der Waals surface area contributed by atoms with Crippen LogP contribution in [0.5, 0.6) is 0 Å². The minimum atomic E-state index is -5.58. The van der Waals surface area contributed by atoms with Gasteiger partial charge in [0.2, 0.25) is 11.8 Å². The van der Waals surface area contributed by atoms with Gasteiger partial charge < -0.3 is 56.0 Å². The number of aromatic nitrogens is 4. The third-order valence-corrected chi connectivity index (χ3v) is 11.6. The summed E-state index contributed by atoms with van der Waals surface area (Å²) in [6.07, 6.45) is -6.92. The molecule has 3 rings (SSSR count). The van der Waals surface area contributed by atoms with E-state index >= 15 is 0 Å². The molecular weight excluding hydrogens is 846 g/mol. The van der Waals surface area contributed by atoms with Crippen molar-refractivity contribution in [3.05, 3.63) is 12.7 Å². The summed E-state index contributed by atoms with van der Waals surface area (Å²) >= 11 is 0.929. The second kappa shape index (κ2) is 21.8. The number of carboxylic acid groups (broad SMARTS) is 1. The number of nitrogens with two attached hydrogens (primary N) is 1. The molecule has 3 heterocycles. The number of thioether (sulfide) groups is 1. The molecule has 1 aliphatic heterocycles. The van der Waals surface area contributed by atoms with E-state index in [1.807, 2.05) is 0 Å². The average Bonchev–Trinajstić information content (AvgIpc) is 3.64. The first-order valence-corrected chi connectivity index (χ1v) is 21.7. The van der Waals surface area contributed by atoms with Gasteiger partial charge in [-0.25, -0.2) is 28.6 Å². The van der Waals surface area contributed by atoms with Crippen molar-refractivity contribution < 1.29 is 90.4 Å². The fraction of sp³-hybridized carbons (Fsp3) is 0.654. The molecule has 1 aliphatic rings. The molecule has 317 valence electrons. The van der Waals surface area contributed by atoms with Crippen molar-refractivity contribution in [2.24, 2.45) is 5.41 Å². The summed E-state index contributed by atoms with van der Waals surface area (Å²) in [6, 6.07) is 0. The van der Waals surface area contributed by atoms with Crippen LogP contribution in [0.2, 0.25) is 0 Å². The minimum absolute atomic E-state index is 0. The Labute approximate surface area is 339 Å². The van der Waals surface area contributed by atoms with E-state index in [2.05, 4.69) is 34.4 Å². The van der Waals surface area contributed by atoms with Crippen molar-refractivity contribution in [3.63, 3.8) is 0 Å². The number of aliphatic carboxylic acids is 1. The van der Waals surface area contributed by atoms with Crippen molar-refractivity contribution in [2.75, 3.05) is 37.8 Å². The zero-order valence-electron chi connectivity index (χ0n) is 30.6. The van der Waals surface area contributed by atoms with Gasteiger partial charge in [0.15, 0.2) is 22.8 Å². The SMILES string of the molecule is CC(C)(COP(=O)(O)OP(=O)(O)OCC1OC(n2cnc3c(N)ncnc32)C(O)C1OP(=O)(O)O)C(O)C(=O)NCCC(=O)NCCSC(=O)CCCC(=O)O.[Li]. The molecule has 7 atom stereocenters. The van der Waals surface area contributed by atoms with Gasteiger partial charge in [0.25, 0.3) is 0 Å². The standard InChI is InChI=1S/C26H42N7O19P3S.Li/c1-26(2,21(39)24(40)29-7-6-15(34)28-8-9-56-17(37)5-3-4-16(35)36)11-49-55(46,47)52-54(44,45)48-10-14-20(51-53(41,42)43)19(38)25(50-14)33-13-32-18-22(27)30-12-31-23(18)33;/h12-14,19-21,25,38-39H,3-11H2,1-2H3,(H,28,34)(H,29,40)(H,35,36)(H,44,45)(H,46,47)(H2,27,30,31)(H2,41,42,43);. The van der Waals surface area contributed by atoms with Crippen molar-refractivity contribution in [1.82, 2.24) is 30.2 Å². The van der Waals surface area contributed by atoms with Crippen LogP contribution < -0.4 is 16.4 Å². The van der Waals surface area contributed by atoms with Crippen LogP contribution in [-0.2, 0) is 55.5 Å². The fourth-order valence-electron chi connectivity index (χ4n) is 4.75. The number of imidazole rings is 1. The van der Waals surface area contributed by atoms with E-state index < -0.39 is 90.5 Å². The summed E-state index contributed by atoms with van der Waals surface area (Å²) in [6.45, 7) is 0.273. The number of aliphatic hydroxyl groups excluding tert-OH is 2. The van der Waals surface area contributed by atoms with E-state index in [1.54, 1.807) is 0 Å². The van der Waals surface area contributed by atoms with Crippen LogP contribution in [0.15, 0.2) is 12.7 Å². The Kier molecular flexibility index (Phi) is 19.4. The molecule has 1 fully saturated rings. The van der Waals surface area contributed by atoms with Gasteiger partial charge in [-0.1, -0.05) is 25.6 Å². The Morgan fingerprint density at radius 2 is 1.68 bits per heavy atom. The minimum Gasteiger partial charge on any atom is -0.481 e. The van der Waals surface area contributed by atoms with Crippen molar-refractivity contribution >= 4 is 94.0 Å². The maximum Gasteiger partial charge on any atom is 0.481 e. The fourth-order valence-corrected chi connectivity index (χ4v) is 8.30. The van der Waals surface area contributed by atoms with Crippen molar-refractivity contribution in [2.45, 2.75) is 70.2 Å². The molecule has 0 aliphatic carbocycles. The van der Waals surface area contributed by atoms with Crippen LogP contribution in [-0.4, -0.2) is 153 Å². The Hall–Kier alpha value is -2.37. The molecule has 1 radical (unpaired) electrons. The summed E-state index contributed by atoms with van der Waals surface area (Å²) in [7, 11) is -16.4. The number of nitrogen functional groups attached to an aromatic ring is 1. The number of rotatable bonds is 23. The number of anilines is 1. The number of fused-ring (bicyclic) bond motifs is 1. The number of ether oxygens (including phenoxy) is 1. The van der Waals surface area contributed by atoms with Crippen LogP contribution in [0.1, 0.15) is 45.8 Å². The summed E-state index contributed by atoms with van der Waals surface area (Å²) in [4.78, 5) is 97.6. The maximum absolute atomic E-state index is 12.7. The zero-order chi connectivity index (χ0) is 42.1. The Balaban J connectivity index is 0.0000112. The van der Waals surface area contributed by atoms with E-state index in [0.29, 0.717) is 0 Å². The molecule has 0 bridgehead atoms. The second-order valence-corrected chi connectivity index (χ2v) is 17.9. The number of aliphatic hydroxyl groups is 2. The van der Waals surface area contributed by atoms with E-state index in [4.69, 9.17) is 24.6 Å². The van der Waals surface area contributed by atoms with Gasteiger partial charge in [-0.3, -0.25) is 37.3 Å². The van der Waals surface area contributed by atoms with Crippen LogP contribution in [0.4, 0.5) is 5.82 Å². The molecular formula is C26H42LiN7O19P3S. The predicted octanol–water partition coefficient (Wildman–Crippen LogP) is -1.46. The first-order chi connectivity index (χ1) is 25.9. The smallest absolute Gasteiger partial charge is 0.481 e. The summed E-state index contributed by atoms with van der Waals surface area (Å²) in [5.74, 6) is -2.33. The van der Waals surface area contributed by atoms with Gasteiger partial charge in [-0.05, 0) is 6.42 Å². The van der Waals surface area contributed by atoms with Crippen LogP contribution >= 0.6 is 35.2 Å². The Bertz CT molecular complexity index is 1870. The third kappa shape index (κ3) is 16.3.